The number of aromatic nitrogens is 2. The van der Waals surface area contributed by atoms with E-state index in [1.54, 1.807) is 32.0 Å². The SMILES string of the molecule is CC1(C)NC(=O)N(CCCC(=O)Nc2ccc3[nH]c(=O)[nH]c3c2)C1=O. The van der Waals surface area contributed by atoms with E-state index in [-0.39, 0.29) is 30.5 Å². The lowest BCUT2D eigenvalue weighted by Crippen LogP contribution is -2.40. The third-order valence-electron chi connectivity index (χ3n) is 4.03. The second-order valence-electron chi connectivity index (χ2n) is 6.50. The number of hydrogen-bond donors (Lipinski definition) is 4. The van der Waals surface area contributed by atoms with Crippen LogP contribution in [-0.4, -0.2) is 44.8 Å². The molecule has 2 heterocycles. The maximum Gasteiger partial charge on any atom is 0.325 e. The summed E-state index contributed by atoms with van der Waals surface area (Å²) in [6.45, 7) is 3.47. The molecule has 0 aliphatic carbocycles. The summed E-state index contributed by atoms with van der Waals surface area (Å²) in [5.41, 5.74) is 0.606. The first kappa shape index (κ1) is 16.7. The Hall–Kier alpha value is -3.10. The molecule has 0 atom stereocenters. The van der Waals surface area contributed by atoms with E-state index in [1.165, 1.54) is 0 Å². The molecule has 0 bridgehead atoms. The number of urea groups is 1. The highest BCUT2D eigenvalue weighted by molar-refractivity contribution is 6.06. The lowest BCUT2D eigenvalue weighted by molar-refractivity contribution is -0.130. The topological polar surface area (TPSA) is 127 Å². The summed E-state index contributed by atoms with van der Waals surface area (Å²) >= 11 is 0. The van der Waals surface area contributed by atoms with Crippen molar-refractivity contribution in [2.45, 2.75) is 32.2 Å². The highest BCUT2D eigenvalue weighted by atomic mass is 16.2. The van der Waals surface area contributed by atoms with Gasteiger partial charge in [0.15, 0.2) is 0 Å². The van der Waals surface area contributed by atoms with Gasteiger partial charge in [0.25, 0.3) is 5.91 Å². The number of fused-ring (bicyclic) bond motifs is 1. The van der Waals surface area contributed by atoms with Gasteiger partial charge in [0.1, 0.15) is 5.54 Å². The molecule has 1 aromatic heterocycles. The summed E-state index contributed by atoms with van der Waals surface area (Å²) in [5, 5.41) is 5.32. The molecule has 1 aliphatic rings. The molecular weight excluding hydrogens is 326 g/mol. The maximum absolute atomic E-state index is 12.0. The smallest absolute Gasteiger partial charge is 0.325 e. The number of imide groups is 1. The van der Waals surface area contributed by atoms with Crippen molar-refractivity contribution in [3.8, 4) is 0 Å². The first-order valence-corrected chi connectivity index (χ1v) is 7.92. The minimum Gasteiger partial charge on any atom is -0.326 e. The molecule has 0 unspecified atom stereocenters. The van der Waals surface area contributed by atoms with Gasteiger partial charge < -0.3 is 20.6 Å². The van der Waals surface area contributed by atoms with E-state index in [9.17, 15) is 19.2 Å². The van der Waals surface area contributed by atoms with E-state index in [2.05, 4.69) is 20.6 Å². The van der Waals surface area contributed by atoms with Gasteiger partial charge in [0.2, 0.25) is 5.91 Å². The number of H-pyrrole nitrogens is 2. The van der Waals surface area contributed by atoms with E-state index < -0.39 is 11.6 Å². The van der Waals surface area contributed by atoms with E-state index in [0.717, 1.165) is 4.90 Å². The summed E-state index contributed by atoms with van der Waals surface area (Å²) in [5.74, 6) is -0.525. The number of nitrogens with one attached hydrogen (secondary N) is 4. The van der Waals surface area contributed by atoms with Crippen molar-refractivity contribution in [2.24, 2.45) is 0 Å². The van der Waals surface area contributed by atoms with Crippen LogP contribution in [-0.2, 0) is 9.59 Å². The number of nitrogens with zero attached hydrogens (tertiary/aromatic N) is 1. The molecule has 0 spiro atoms. The molecule has 4 amide bonds. The highest BCUT2D eigenvalue weighted by Gasteiger charge is 2.43. The molecular formula is C16H19N5O4. The lowest BCUT2D eigenvalue weighted by Gasteiger charge is -2.15. The fourth-order valence-electron chi connectivity index (χ4n) is 2.75. The summed E-state index contributed by atoms with van der Waals surface area (Å²) in [4.78, 5) is 53.4. The normalized spacial score (nSPS) is 16.3. The molecule has 1 saturated heterocycles. The predicted octanol–water partition coefficient (Wildman–Crippen LogP) is 0.905. The fraction of sp³-hybridized carbons (Fsp3) is 0.375. The Morgan fingerprint density at radius 1 is 1.16 bits per heavy atom. The number of anilines is 1. The Labute approximate surface area is 142 Å². The second kappa shape index (κ2) is 6.08. The molecule has 132 valence electrons. The largest absolute Gasteiger partial charge is 0.326 e. The number of aromatic amines is 2. The van der Waals surface area contributed by atoms with Crippen molar-refractivity contribution in [3.05, 3.63) is 28.7 Å². The molecule has 1 aliphatic heterocycles. The van der Waals surface area contributed by atoms with Gasteiger partial charge in [-0.2, -0.15) is 0 Å². The number of carbonyl (C=O) groups is 3. The first-order valence-electron chi connectivity index (χ1n) is 7.92. The van der Waals surface area contributed by atoms with Crippen LogP contribution in [0.15, 0.2) is 23.0 Å². The molecule has 0 radical (unpaired) electrons. The Morgan fingerprint density at radius 3 is 2.56 bits per heavy atom. The zero-order valence-corrected chi connectivity index (χ0v) is 13.9. The Balaban J connectivity index is 1.53. The van der Waals surface area contributed by atoms with Crippen molar-refractivity contribution in [2.75, 3.05) is 11.9 Å². The van der Waals surface area contributed by atoms with Gasteiger partial charge in [0, 0.05) is 18.7 Å². The molecule has 9 heteroatoms. The van der Waals surface area contributed by atoms with Crippen LogP contribution in [0.3, 0.4) is 0 Å². The summed E-state index contributed by atoms with van der Waals surface area (Å²) < 4.78 is 0. The fourth-order valence-corrected chi connectivity index (χ4v) is 2.75. The van der Waals surface area contributed by atoms with Gasteiger partial charge in [0.05, 0.1) is 11.0 Å². The average Bonchev–Trinajstić information content (AvgIpc) is 2.97. The van der Waals surface area contributed by atoms with Crippen LogP contribution >= 0.6 is 0 Å². The zero-order valence-electron chi connectivity index (χ0n) is 13.9. The number of imidazole rings is 1. The monoisotopic (exact) mass is 345 g/mol. The Bertz CT molecular complexity index is 911. The van der Waals surface area contributed by atoms with Crippen molar-refractivity contribution < 1.29 is 14.4 Å². The van der Waals surface area contributed by atoms with Gasteiger partial charge >= 0.3 is 11.7 Å². The quantitative estimate of drug-likeness (QED) is 0.601. The minimum absolute atomic E-state index is 0.166. The number of rotatable bonds is 5. The van der Waals surface area contributed by atoms with E-state index in [4.69, 9.17) is 0 Å². The van der Waals surface area contributed by atoms with Crippen LogP contribution in [0.25, 0.3) is 11.0 Å². The predicted molar refractivity (Wildman–Crippen MR) is 91.1 cm³/mol. The van der Waals surface area contributed by atoms with Crippen LogP contribution in [0.4, 0.5) is 10.5 Å². The Kier molecular flexibility index (Phi) is 4.07. The number of carbonyl (C=O) groups excluding carboxylic acids is 3. The lowest BCUT2D eigenvalue weighted by atomic mass is 10.1. The van der Waals surface area contributed by atoms with Crippen molar-refractivity contribution >= 4 is 34.6 Å². The van der Waals surface area contributed by atoms with Crippen molar-refractivity contribution in [3.63, 3.8) is 0 Å². The summed E-state index contributed by atoms with van der Waals surface area (Å²) in [6, 6.07) is 4.60. The van der Waals surface area contributed by atoms with Gasteiger partial charge in [-0.3, -0.25) is 14.5 Å². The van der Waals surface area contributed by atoms with Crippen LogP contribution in [0.1, 0.15) is 26.7 Å². The zero-order chi connectivity index (χ0) is 18.2. The second-order valence-corrected chi connectivity index (χ2v) is 6.50. The van der Waals surface area contributed by atoms with Crippen molar-refractivity contribution in [1.82, 2.24) is 20.2 Å². The van der Waals surface area contributed by atoms with Gasteiger partial charge in [-0.1, -0.05) is 0 Å². The minimum atomic E-state index is -0.901. The highest BCUT2D eigenvalue weighted by Crippen LogP contribution is 2.18. The van der Waals surface area contributed by atoms with Crippen LogP contribution < -0.4 is 16.3 Å². The molecule has 2 aromatic rings. The third kappa shape index (κ3) is 3.39. The molecule has 25 heavy (non-hydrogen) atoms. The van der Waals surface area contributed by atoms with Gasteiger partial charge in [-0.25, -0.2) is 9.59 Å². The molecule has 9 nitrogen and oxygen atoms in total. The number of hydrogen-bond acceptors (Lipinski definition) is 4. The average molecular weight is 345 g/mol. The number of benzene rings is 1. The van der Waals surface area contributed by atoms with Crippen molar-refractivity contribution in [1.29, 1.82) is 0 Å². The van der Waals surface area contributed by atoms with Gasteiger partial charge in [-0.15, -0.1) is 0 Å². The Morgan fingerprint density at radius 2 is 1.88 bits per heavy atom. The standard InChI is InChI=1S/C16H19N5O4/c1-16(2)13(23)21(15(25)20-16)7-3-4-12(22)17-9-5-6-10-11(8-9)19-14(24)18-10/h5-6,8H,3-4,7H2,1-2H3,(H,17,22)(H,20,25)(H2,18,19,24). The number of amides is 4. The molecule has 1 aromatic carbocycles. The first-order chi connectivity index (χ1) is 11.8. The molecule has 1 fully saturated rings. The third-order valence-corrected chi connectivity index (χ3v) is 4.03. The molecule has 4 N–H and O–H groups in total. The van der Waals surface area contributed by atoms with E-state index >= 15 is 0 Å². The van der Waals surface area contributed by atoms with Crippen LogP contribution in [0.5, 0.6) is 0 Å². The van der Waals surface area contributed by atoms with Gasteiger partial charge in [-0.05, 0) is 38.5 Å². The van der Waals surface area contributed by atoms with E-state index in [1.807, 2.05) is 0 Å². The van der Waals surface area contributed by atoms with Crippen LogP contribution in [0, 0.1) is 0 Å². The van der Waals surface area contributed by atoms with E-state index in [0.29, 0.717) is 23.1 Å². The van der Waals surface area contributed by atoms with Crippen LogP contribution in [0.2, 0.25) is 0 Å². The maximum atomic E-state index is 12.0. The molecule has 3 rings (SSSR count). The summed E-state index contributed by atoms with van der Waals surface area (Å²) in [7, 11) is 0. The molecule has 0 saturated carbocycles. The summed E-state index contributed by atoms with van der Waals surface area (Å²) in [6.07, 6.45) is 0.531.